The number of ether oxygens (including phenoxy) is 2. The second kappa shape index (κ2) is 6.06. The van der Waals surface area contributed by atoms with Crippen LogP contribution in [0.4, 0.5) is 4.39 Å². The van der Waals surface area contributed by atoms with E-state index in [0.717, 1.165) is 12.1 Å². The highest BCUT2D eigenvalue weighted by atomic mass is 32.2. The first-order valence-electron chi connectivity index (χ1n) is 5.73. The number of H-pyrrole nitrogens is 1. The van der Waals surface area contributed by atoms with Crippen LogP contribution in [0.25, 0.3) is 0 Å². The van der Waals surface area contributed by atoms with Crippen LogP contribution >= 0.6 is 0 Å². The summed E-state index contributed by atoms with van der Waals surface area (Å²) in [6.07, 6.45) is 1.24. The molecule has 2 rings (SSSR count). The number of sulfonamides is 1. The lowest BCUT2D eigenvalue weighted by molar-refractivity contribution is 0.350. The molecule has 0 aliphatic heterocycles. The second-order valence-corrected chi connectivity index (χ2v) is 5.63. The van der Waals surface area contributed by atoms with Gasteiger partial charge < -0.3 is 9.47 Å². The van der Waals surface area contributed by atoms with E-state index in [9.17, 15) is 12.8 Å². The van der Waals surface area contributed by atoms with Gasteiger partial charge in [-0.1, -0.05) is 0 Å². The van der Waals surface area contributed by atoms with Crippen LogP contribution in [0.15, 0.2) is 23.4 Å². The summed E-state index contributed by atoms with van der Waals surface area (Å²) in [5, 5.41) is 6.07. The average molecular weight is 316 g/mol. The maximum Gasteiger partial charge on any atom is 0.244 e. The first-order valence-corrected chi connectivity index (χ1v) is 7.21. The number of methoxy groups -OCH3 is 2. The minimum absolute atomic E-state index is 0.101. The van der Waals surface area contributed by atoms with E-state index in [1.807, 2.05) is 0 Å². The van der Waals surface area contributed by atoms with E-state index < -0.39 is 20.7 Å². The van der Waals surface area contributed by atoms with Gasteiger partial charge in [0.2, 0.25) is 10.0 Å². The van der Waals surface area contributed by atoms with E-state index in [1.165, 1.54) is 20.5 Å². The average Bonchev–Trinajstić information content (AvgIpc) is 2.98. The molecule has 21 heavy (non-hydrogen) atoms. The fraction of sp³-hybridized carbons (Fsp3) is 0.273. The quantitative estimate of drug-likeness (QED) is 0.801. The van der Waals surface area contributed by atoms with Crippen LogP contribution in [0.2, 0.25) is 0 Å². The van der Waals surface area contributed by atoms with Gasteiger partial charge in [-0.05, 0) is 0 Å². The Morgan fingerprint density at radius 1 is 1.29 bits per heavy atom. The summed E-state index contributed by atoms with van der Waals surface area (Å²) >= 11 is 0. The van der Waals surface area contributed by atoms with Crippen molar-refractivity contribution >= 4 is 10.0 Å². The summed E-state index contributed by atoms with van der Waals surface area (Å²) < 4.78 is 50.2. The molecular formula is C11H13FN4O4S. The molecule has 0 fully saturated rings. The van der Waals surface area contributed by atoms with E-state index in [4.69, 9.17) is 9.47 Å². The molecule has 1 aromatic carbocycles. The number of halogens is 1. The highest BCUT2D eigenvalue weighted by Crippen LogP contribution is 2.31. The van der Waals surface area contributed by atoms with Gasteiger partial charge in [0.25, 0.3) is 0 Å². The molecule has 10 heteroatoms. The van der Waals surface area contributed by atoms with Crippen LogP contribution < -0.4 is 14.2 Å². The van der Waals surface area contributed by atoms with Crippen LogP contribution in [0.5, 0.6) is 11.5 Å². The van der Waals surface area contributed by atoms with E-state index in [2.05, 4.69) is 19.9 Å². The van der Waals surface area contributed by atoms with Crippen LogP contribution in [0.3, 0.4) is 0 Å². The highest BCUT2D eigenvalue weighted by Gasteiger charge is 2.22. The zero-order chi connectivity index (χ0) is 15.5. The molecule has 0 radical (unpaired) electrons. The molecule has 0 aliphatic carbocycles. The number of aromatic amines is 1. The molecule has 1 heterocycles. The fourth-order valence-electron chi connectivity index (χ4n) is 1.60. The lowest BCUT2D eigenvalue weighted by Gasteiger charge is -2.11. The third-order valence-electron chi connectivity index (χ3n) is 2.62. The van der Waals surface area contributed by atoms with Crippen molar-refractivity contribution < 1.29 is 22.3 Å². The molecule has 0 spiro atoms. The van der Waals surface area contributed by atoms with Crippen LogP contribution in [0.1, 0.15) is 5.82 Å². The number of aromatic nitrogens is 3. The molecule has 1 aromatic heterocycles. The molecule has 2 N–H and O–H groups in total. The Kier molecular flexibility index (Phi) is 4.38. The Morgan fingerprint density at radius 3 is 2.52 bits per heavy atom. The topological polar surface area (TPSA) is 106 Å². The maximum atomic E-state index is 13.9. The molecule has 114 valence electrons. The lowest BCUT2D eigenvalue weighted by atomic mass is 10.3. The highest BCUT2D eigenvalue weighted by molar-refractivity contribution is 7.89. The van der Waals surface area contributed by atoms with Gasteiger partial charge >= 0.3 is 0 Å². The van der Waals surface area contributed by atoms with Crippen LogP contribution in [-0.2, 0) is 16.6 Å². The largest absolute Gasteiger partial charge is 0.493 e. The Bertz CT molecular complexity index is 718. The van der Waals surface area contributed by atoms with Gasteiger partial charge in [0.15, 0.2) is 11.5 Å². The molecule has 8 nitrogen and oxygen atoms in total. The normalized spacial score (nSPS) is 11.4. The first-order chi connectivity index (χ1) is 9.97. The second-order valence-electron chi connectivity index (χ2n) is 3.89. The monoisotopic (exact) mass is 316 g/mol. The smallest absolute Gasteiger partial charge is 0.244 e. The third-order valence-corrected chi connectivity index (χ3v) is 4.04. The first kappa shape index (κ1) is 15.2. The SMILES string of the molecule is COc1cc(F)c(S(=O)(=O)NCc2ncn[nH]2)cc1OC. The van der Waals surface area contributed by atoms with E-state index >= 15 is 0 Å². The molecule has 0 unspecified atom stereocenters. The molecular weight excluding hydrogens is 303 g/mol. The fourth-order valence-corrected chi connectivity index (χ4v) is 2.66. The Balaban J connectivity index is 2.31. The summed E-state index contributed by atoms with van der Waals surface area (Å²) in [5.41, 5.74) is 0. The van der Waals surface area contributed by atoms with Gasteiger partial charge in [-0.2, -0.15) is 5.10 Å². The molecule has 2 aromatic rings. The van der Waals surface area contributed by atoms with E-state index in [1.54, 1.807) is 0 Å². The van der Waals surface area contributed by atoms with Gasteiger partial charge in [-0.15, -0.1) is 0 Å². The molecule has 0 saturated heterocycles. The van der Waals surface area contributed by atoms with Crippen molar-refractivity contribution in [2.75, 3.05) is 14.2 Å². The van der Waals surface area contributed by atoms with Crippen molar-refractivity contribution in [3.63, 3.8) is 0 Å². The number of nitrogens with zero attached hydrogens (tertiary/aromatic N) is 2. The summed E-state index contributed by atoms with van der Waals surface area (Å²) in [6.45, 7) is -0.143. The Morgan fingerprint density at radius 2 is 1.95 bits per heavy atom. The van der Waals surface area contributed by atoms with Gasteiger partial charge in [0, 0.05) is 12.1 Å². The summed E-state index contributed by atoms with van der Waals surface area (Å²) in [7, 11) is -1.42. The number of hydrogen-bond acceptors (Lipinski definition) is 6. The molecule has 0 bridgehead atoms. The van der Waals surface area contributed by atoms with Crippen LogP contribution in [-0.4, -0.2) is 37.8 Å². The van der Waals surface area contributed by atoms with Crippen molar-refractivity contribution in [3.05, 3.63) is 30.1 Å². The van der Waals surface area contributed by atoms with Crippen LogP contribution in [0, 0.1) is 5.82 Å². The zero-order valence-corrected chi connectivity index (χ0v) is 12.1. The number of nitrogens with one attached hydrogen (secondary N) is 2. The summed E-state index contributed by atoms with van der Waals surface area (Å²) in [5.74, 6) is -0.430. The van der Waals surface area contributed by atoms with Gasteiger partial charge in [0.05, 0.1) is 20.8 Å². The molecule has 0 aliphatic rings. The maximum absolute atomic E-state index is 13.9. The van der Waals surface area contributed by atoms with Crippen molar-refractivity contribution in [3.8, 4) is 11.5 Å². The van der Waals surface area contributed by atoms with Gasteiger partial charge in [0.1, 0.15) is 22.9 Å². The number of hydrogen-bond donors (Lipinski definition) is 2. The predicted octanol–water partition coefficient (Wildman–Crippen LogP) is 0.440. The van der Waals surface area contributed by atoms with Crippen molar-refractivity contribution in [1.82, 2.24) is 19.9 Å². The van der Waals surface area contributed by atoms with Crippen molar-refractivity contribution in [2.24, 2.45) is 0 Å². The van der Waals surface area contributed by atoms with Gasteiger partial charge in [-0.25, -0.2) is 22.5 Å². The lowest BCUT2D eigenvalue weighted by Crippen LogP contribution is -2.25. The summed E-state index contributed by atoms with van der Waals surface area (Å²) in [4.78, 5) is 3.22. The summed E-state index contributed by atoms with van der Waals surface area (Å²) in [6, 6.07) is 2.00. The molecule has 0 atom stereocenters. The minimum atomic E-state index is -4.07. The Hall–Kier alpha value is -2.20. The number of benzene rings is 1. The van der Waals surface area contributed by atoms with E-state index in [0.29, 0.717) is 5.82 Å². The zero-order valence-electron chi connectivity index (χ0n) is 11.3. The number of rotatable bonds is 6. The standard InChI is InChI=1S/C11H13FN4O4S/c1-19-8-3-7(12)10(4-9(8)20-2)21(17,18)15-5-11-13-6-14-16-11/h3-4,6,15H,5H2,1-2H3,(H,13,14,16). The Labute approximate surface area is 120 Å². The van der Waals surface area contributed by atoms with Gasteiger partial charge in [-0.3, -0.25) is 5.10 Å². The predicted molar refractivity (Wildman–Crippen MR) is 69.9 cm³/mol. The van der Waals surface area contributed by atoms with E-state index in [-0.39, 0.29) is 18.0 Å². The minimum Gasteiger partial charge on any atom is -0.493 e. The van der Waals surface area contributed by atoms with Crippen molar-refractivity contribution in [1.29, 1.82) is 0 Å². The third kappa shape index (κ3) is 3.28. The van der Waals surface area contributed by atoms with Crippen molar-refractivity contribution in [2.45, 2.75) is 11.4 Å². The molecule has 0 amide bonds. The molecule has 0 saturated carbocycles.